The van der Waals surface area contributed by atoms with Crippen LogP contribution in [0.3, 0.4) is 0 Å². The van der Waals surface area contributed by atoms with Crippen molar-refractivity contribution in [1.29, 1.82) is 5.26 Å². The zero-order chi connectivity index (χ0) is 10.9. The van der Waals surface area contributed by atoms with Gasteiger partial charge in [-0.05, 0) is 0 Å². The first-order valence-corrected chi connectivity index (χ1v) is 6.19. The number of nitriles is 1. The molecule has 0 aliphatic carbocycles. The number of alkyl halides is 2. The van der Waals surface area contributed by atoms with Gasteiger partial charge in [-0.15, -0.1) is 0 Å². The van der Waals surface area contributed by atoms with Crippen molar-refractivity contribution in [1.82, 2.24) is 0 Å². The van der Waals surface area contributed by atoms with Gasteiger partial charge in [0.05, 0.1) is 6.61 Å². The predicted molar refractivity (Wildman–Crippen MR) is 64.9 cm³/mol. The lowest BCUT2D eigenvalue weighted by Crippen LogP contribution is -2.37. The molecule has 0 amide bonds. The SMILES string of the molecule is N#CC1(c2ccccc2)OCCC1(Br)Br. The van der Waals surface area contributed by atoms with Crippen molar-refractivity contribution in [2.45, 2.75) is 15.3 Å². The third-order valence-electron chi connectivity index (χ3n) is 2.59. The van der Waals surface area contributed by atoms with Crippen LogP contribution in [0.2, 0.25) is 0 Å². The van der Waals surface area contributed by atoms with Crippen LogP contribution in [0, 0.1) is 11.3 Å². The summed E-state index contributed by atoms with van der Waals surface area (Å²) < 4.78 is 5.14. The maximum atomic E-state index is 9.37. The zero-order valence-corrected chi connectivity index (χ0v) is 11.1. The fourth-order valence-electron chi connectivity index (χ4n) is 1.76. The van der Waals surface area contributed by atoms with Gasteiger partial charge >= 0.3 is 0 Å². The van der Waals surface area contributed by atoms with Gasteiger partial charge in [-0.1, -0.05) is 62.2 Å². The summed E-state index contributed by atoms with van der Waals surface area (Å²) in [5.41, 5.74) is -0.0624. The summed E-state index contributed by atoms with van der Waals surface area (Å²) in [6.07, 6.45) is 0.759. The third-order valence-corrected chi connectivity index (χ3v) is 4.50. The monoisotopic (exact) mass is 329 g/mol. The van der Waals surface area contributed by atoms with Crippen molar-refractivity contribution in [2.24, 2.45) is 0 Å². The molecule has 1 atom stereocenters. The second kappa shape index (κ2) is 3.89. The standard InChI is InChI=1S/C11H9Br2NO/c12-11(13)6-7-15-10(11,8-14)9-4-2-1-3-5-9/h1-5H,6-7H2. The summed E-state index contributed by atoms with van der Waals surface area (Å²) in [5, 5.41) is 9.37. The van der Waals surface area contributed by atoms with E-state index in [-0.39, 0.29) is 0 Å². The van der Waals surface area contributed by atoms with Gasteiger partial charge in [0.1, 0.15) is 9.30 Å². The lowest BCUT2D eigenvalue weighted by atomic mass is 9.92. The molecule has 2 nitrogen and oxygen atoms in total. The number of ether oxygens (including phenoxy) is 1. The average Bonchev–Trinajstić information content (AvgIpc) is 2.55. The summed E-state index contributed by atoms with van der Waals surface area (Å²) in [4.78, 5) is 0. The van der Waals surface area contributed by atoms with Gasteiger partial charge in [-0.3, -0.25) is 0 Å². The van der Waals surface area contributed by atoms with E-state index < -0.39 is 8.83 Å². The highest BCUT2D eigenvalue weighted by Crippen LogP contribution is 2.53. The highest BCUT2D eigenvalue weighted by Gasteiger charge is 2.55. The Morgan fingerprint density at radius 1 is 1.27 bits per heavy atom. The van der Waals surface area contributed by atoms with Gasteiger partial charge < -0.3 is 4.74 Å². The minimum absolute atomic E-state index is 0.497. The van der Waals surface area contributed by atoms with Gasteiger partial charge in [0, 0.05) is 12.0 Å². The Morgan fingerprint density at radius 2 is 1.93 bits per heavy atom. The molecule has 78 valence electrons. The molecule has 0 spiro atoms. The Morgan fingerprint density at radius 3 is 2.40 bits per heavy atom. The topological polar surface area (TPSA) is 33.0 Å². The number of hydrogen-bond donors (Lipinski definition) is 0. The molecule has 0 radical (unpaired) electrons. The number of rotatable bonds is 1. The Hall–Kier alpha value is -0.370. The molecule has 1 fully saturated rings. The zero-order valence-electron chi connectivity index (χ0n) is 7.91. The normalized spacial score (nSPS) is 28.6. The maximum Gasteiger partial charge on any atom is 0.204 e. The first-order valence-electron chi connectivity index (χ1n) is 4.61. The van der Waals surface area contributed by atoms with E-state index in [1.165, 1.54) is 0 Å². The molecule has 1 unspecified atom stereocenters. The van der Waals surface area contributed by atoms with E-state index in [9.17, 15) is 5.26 Å². The molecule has 1 aliphatic rings. The van der Waals surface area contributed by atoms with E-state index in [0.29, 0.717) is 6.61 Å². The van der Waals surface area contributed by atoms with Crippen LogP contribution < -0.4 is 0 Å². The van der Waals surface area contributed by atoms with Crippen LogP contribution in [0.15, 0.2) is 30.3 Å². The van der Waals surface area contributed by atoms with E-state index in [1.54, 1.807) is 0 Å². The number of hydrogen-bond acceptors (Lipinski definition) is 2. The van der Waals surface area contributed by atoms with Crippen molar-refractivity contribution in [2.75, 3.05) is 6.61 Å². The Balaban J connectivity index is 2.53. The van der Waals surface area contributed by atoms with Crippen molar-refractivity contribution in [3.05, 3.63) is 35.9 Å². The molecule has 1 heterocycles. The fraction of sp³-hybridized carbons (Fsp3) is 0.364. The van der Waals surface area contributed by atoms with Gasteiger partial charge in [0.15, 0.2) is 0 Å². The number of benzene rings is 1. The summed E-state index contributed by atoms with van der Waals surface area (Å²) in [6, 6.07) is 11.8. The second-order valence-corrected chi connectivity index (χ2v) is 7.23. The minimum atomic E-state index is -0.936. The summed E-state index contributed by atoms with van der Waals surface area (Å²) in [7, 11) is 0. The molecule has 15 heavy (non-hydrogen) atoms. The summed E-state index contributed by atoms with van der Waals surface area (Å²) >= 11 is 7.06. The van der Waals surface area contributed by atoms with Crippen LogP contribution in [0.25, 0.3) is 0 Å². The molecule has 1 aromatic carbocycles. The largest absolute Gasteiger partial charge is 0.354 e. The van der Waals surface area contributed by atoms with Crippen LogP contribution in [-0.4, -0.2) is 9.84 Å². The van der Waals surface area contributed by atoms with Gasteiger partial charge in [0.25, 0.3) is 0 Å². The van der Waals surface area contributed by atoms with Crippen molar-refractivity contribution < 1.29 is 4.74 Å². The molecule has 1 aromatic rings. The van der Waals surface area contributed by atoms with Crippen LogP contribution >= 0.6 is 31.9 Å². The molecule has 0 saturated carbocycles. The molecule has 0 bridgehead atoms. The quantitative estimate of drug-likeness (QED) is 0.740. The average molecular weight is 331 g/mol. The highest BCUT2D eigenvalue weighted by molar-refractivity contribution is 9.25. The van der Waals surface area contributed by atoms with Gasteiger partial charge in [-0.25, -0.2) is 0 Å². The van der Waals surface area contributed by atoms with E-state index in [2.05, 4.69) is 37.9 Å². The molecule has 0 aromatic heterocycles. The summed E-state index contributed by atoms with van der Waals surface area (Å²) in [6.45, 7) is 0.568. The van der Waals surface area contributed by atoms with Crippen molar-refractivity contribution in [3.8, 4) is 6.07 Å². The molecule has 1 aliphatic heterocycles. The smallest absolute Gasteiger partial charge is 0.204 e. The third kappa shape index (κ3) is 1.63. The van der Waals surface area contributed by atoms with Crippen LogP contribution in [-0.2, 0) is 10.3 Å². The molecule has 0 N–H and O–H groups in total. The maximum absolute atomic E-state index is 9.37. The molecular formula is C11H9Br2NO. The van der Waals surface area contributed by atoms with E-state index in [4.69, 9.17) is 4.74 Å². The first-order chi connectivity index (χ1) is 7.12. The van der Waals surface area contributed by atoms with Crippen molar-refractivity contribution >= 4 is 31.9 Å². The van der Waals surface area contributed by atoms with Gasteiger partial charge in [0.2, 0.25) is 5.60 Å². The first kappa shape index (κ1) is 11.1. The van der Waals surface area contributed by atoms with Crippen LogP contribution in [0.4, 0.5) is 0 Å². The van der Waals surface area contributed by atoms with Crippen LogP contribution in [0.5, 0.6) is 0 Å². The number of nitrogens with zero attached hydrogens (tertiary/aromatic N) is 1. The lowest BCUT2D eigenvalue weighted by Gasteiger charge is -2.30. The van der Waals surface area contributed by atoms with E-state index >= 15 is 0 Å². The van der Waals surface area contributed by atoms with E-state index in [1.807, 2.05) is 30.3 Å². The fourth-order valence-corrected chi connectivity index (χ4v) is 2.95. The van der Waals surface area contributed by atoms with Crippen molar-refractivity contribution in [3.63, 3.8) is 0 Å². The number of halogens is 2. The van der Waals surface area contributed by atoms with Crippen LogP contribution in [0.1, 0.15) is 12.0 Å². The molecule has 2 rings (SSSR count). The summed E-state index contributed by atoms with van der Waals surface area (Å²) in [5.74, 6) is 0. The molecule has 1 saturated heterocycles. The predicted octanol–water partition coefficient (Wildman–Crippen LogP) is 3.31. The van der Waals surface area contributed by atoms with E-state index in [0.717, 1.165) is 12.0 Å². The Labute approximate surface area is 105 Å². The Kier molecular flexibility index (Phi) is 2.89. The molecular weight excluding hydrogens is 322 g/mol. The second-order valence-electron chi connectivity index (χ2n) is 3.46. The molecule has 4 heteroatoms. The van der Waals surface area contributed by atoms with Gasteiger partial charge in [-0.2, -0.15) is 5.26 Å². The lowest BCUT2D eigenvalue weighted by molar-refractivity contribution is 0.0496. The highest BCUT2D eigenvalue weighted by atomic mass is 79.9. The Bertz CT molecular complexity index is 399. The minimum Gasteiger partial charge on any atom is -0.354 e.